The zero-order chi connectivity index (χ0) is 19.6. The Hall–Kier alpha value is -2.45. The summed E-state index contributed by atoms with van der Waals surface area (Å²) < 4.78 is 48.7. The van der Waals surface area contributed by atoms with E-state index in [1.165, 1.54) is 0 Å². The van der Waals surface area contributed by atoms with Crippen molar-refractivity contribution in [1.82, 2.24) is 10.2 Å². The zero-order valence-electron chi connectivity index (χ0n) is 14.8. The van der Waals surface area contributed by atoms with Crippen LogP contribution in [0.15, 0.2) is 18.2 Å². The number of hydrogen-bond acceptors (Lipinski definition) is 4. The van der Waals surface area contributed by atoms with Gasteiger partial charge in [-0.25, -0.2) is 0 Å². The molecule has 2 aliphatic rings. The van der Waals surface area contributed by atoms with Gasteiger partial charge >= 0.3 is 6.18 Å². The van der Waals surface area contributed by atoms with Crippen LogP contribution in [0.2, 0.25) is 0 Å². The highest BCUT2D eigenvalue weighted by molar-refractivity contribution is 5.89. The monoisotopic (exact) mass is 386 g/mol. The first-order valence-electron chi connectivity index (χ1n) is 8.77. The van der Waals surface area contributed by atoms with Gasteiger partial charge in [-0.05, 0) is 24.6 Å². The van der Waals surface area contributed by atoms with Crippen LogP contribution in [0.4, 0.5) is 13.2 Å². The summed E-state index contributed by atoms with van der Waals surface area (Å²) in [5.74, 6) is -0.650. The van der Waals surface area contributed by atoms with E-state index in [4.69, 9.17) is 9.47 Å². The van der Waals surface area contributed by atoms with Gasteiger partial charge in [-0.2, -0.15) is 13.2 Å². The predicted molar refractivity (Wildman–Crippen MR) is 89.3 cm³/mol. The summed E-state index contributed by atoms with van der Waals surface area (Å²) in [5.41, 5.74) is 0.782. The number of fused-ring (bicyclic) bond motifs is 1. The summed E-state index contributed by atoms with van der Waals surface area (Å²) in [4.78, 5) is 24.8. The molecule has 1 saturated heterocycles. The summed E-state index contributed by atoms with van der Waals surface area (Å²) in [7, 11) is 0. The van der Waals surface area contributed by atoms with E-state index in [0.717, 1.165) is 12.0 Å². The number of halogens is 3. The molecule has 0 aromatic heterocycles. The van der Waals surface area contributed by atoms with Gasteiger partial charge in [0, 0.05) is 19.4 Å². The topological polar surface area (TPSA) is 67.9 Å². The van der Waals surface area contributed by atoms with E-state index in [2.05, 4.69) is 5.32 Å². The van der Waals surface area contributed by atoms with Gasteiger partial charge in [0.05, 0.1) is 25.2 Å². The molecule has 1 aromatic carbocycles. The minimum Gasteiger partial charge on any atom is -0.490 e. The summed E-state index contributed by atoms with van der Waals surface area (Å²) in [6.45, 7) is 1.33. The van der Waals surface area contributed by atoms with E-state index in [-0.39, 0.29) is 19.0 Å². The summed E-state index contributed by atoms with van der Waals surface area (Å²) >= 11 is 0. The maximum absolute atomic E-state index is 12.5. The maximum atomic E-state index is 12.5. The van der Waals surface area contributed by atoms with Crippen LogP contribution in [0.1, 0.15) is 31.4 Å². The van der Waals surface area contributed by atoms with Crippen molar-refractivity contribution in [1.29, 1.82) is 0 Å². The first kappa shape index (κ1) is 19.3. The van der Waals surface area contributed by atoms with Crippen LogP contribution in [-0.4, -0.2) is 49.2 Å². The van der Waals surface area contributed by atoms with Gasteiger partial charge in [0.1, 0.15) is 6.54 Å². The van der Waals surface area contributed by atoms with Gasteiger partial charge in [-0.1, -0.05) is 6.07 Å². The number of benzene rings is 1. The van der Waals surface area contributed by atoms with Gasteiger partial charge in [0.2, 0.25) is 11.8 Å². The van der Waals surface area contributed by atoms with E-state index in [0.29, 0.717) is 29.6 Å². The molecule has 27 heavy (non-hydrogen) atoms. The molecule has 3 rings (SSSR count). The highest BCUT2D eigenvalue weighted by atomic mass is 19.4. The van der Waals surface area contributed by atoms with Crippen molar-refractivity contribution in [2.75, 3.05) is 26.3 Å². The quantitative estimate of drug-likeness (QED) is 0.863. The molecule has 1 fully saturated rings. The van der Waals surface area contributed by atoms with E-state index in [1.807, 2.05) is 0 Å². The van der Waals surface area contributed by atoms with Gasteiger partial charge < -0.3 is 19.7 Å². The average Bonchev–Trinajstić information content (AvgIpc) is 2.81. The Kier molecular flexibility index (Phi) is 5.48. The molecule has 6 nitrogen and oxygen atoms in total. The number of likely N-dealkylation sites (tertiary alicyclic amines) is 1. The summed E-state index contributed by atoms with van der Waals surface area (Å²) in [6.07, 6.45) is -3.91. The number of hydrogen-bond donors (Lipinski definition) is 1. The third kappa shape index (κ3) is 4.84. The van der Waals surface area contributed by atoms with Crippen molar-refractivity contribution in [3.8, 4) is 11.5 Å². The first-order chi connectivity index (χ1) is 12.7. The second kappa shape index (κ2) is 7.66. The standard InChI is InChI=1S/C18H21F3N2O4/c1-11(12-3-4-14-15(7-12)27-6-2-5-26-14)22-17(25)13-8-16(24)23(9-13)10-18(19,20)21/h3-4,7,11,13H,2,5-6,8-10H2,1H3,(H,22,25). The molecule has 0 aliphatic carbocycles. The normalized spacial score (nSPS) is 21.0. The number of carbonyl (C=O) groups is 2. The lowest BCUT2D eigenvalue weighted by molar-refractivity contribution is -0.157. The third-order valence-electron chi connectivity index (χ3n) is 4.59. The maximum Gasteiger partial charge on any atom is 0.406 e. The lowest BCUT2D eigenvalue weighted by Gasteiger charge is -2.20. The molecule has 0 bridgehead atoms. The molecule has 9 heteroatoms. The van der Waals surface area contributed by atoms with Crippen LogP contribution in [-0.2, 0) is 9.59 Å². The van der Waals surface area contributed by atoms with E-state index in [9.17, 15) is 22.8 Å². The predicted octanol–water partition coefficient (Wildman–Crippen LogP) is 2.44. The molecule has 0 radical (unpaired) electrons. The highest BCUT2D eigenvalue weighted by Gasteiger charge is 2.40. The molecule has 148 valence electrons. The lowest BCUT2D eigenvalue weighted by atomic mass is 10.0. The number of amides is 2. The molecule has 2 heterocycles. The fourth-order valence-corrected chi connectivity index (χ4v) is 3.18. The van der Waals surface area contributed by atoms with Gasteiger partial charge in [-0.15, -0.1) is 0 Å². The van der Waals surface area contributed by atoms with Gasteiger partial charge in [-0.3, -0.25) is 9.59 Å². The number of rotatable bonds is 4. The van der Waals surface area contributed by atoms with Crippen LogP contribution in [0.5, 0.6) is 11.5 Å². The smallest absolute Gasteiger partial charge is 0.406 e. The Bertz CT molecular complexity index is 723. The molecular formula is C18H21F3N2O4. The van der Waals surface area contributed by atoms with Crippen molar-refractivity contribution in [2.45, 2.75) is 32.0 Å². The molecular weight excluding hydrogens is 365 g/mol. The molecule has 0 saturated carbocycles. The van der Waals surface area contributed by atoms with Gasteiger partial charge in [0.25, 0.3) is 0 Å². The number of nitrogens with one attached hydrogen (secondary N) is 1. The number of carbonyl (C=O) groups excluding carboxylic acids is 2. The largest absolute Gasteiger partial charge is 0.490 e. The van der Waals surface area contributed by atoms with Crippen molar-refractivity contribution < 1.29 is 32.2 Å². The minimum atomic E-state index is -4.47. The zero-order valence-corrected chi connectivity index (χ0v) is 14.8. The summed E-state index contributed by atoms with van der Waals surface area (Å²) in [6, 6.07) is 4.96. The Labute approximate surface area is 154 Å². The van der Waals surface area contributed by atoms with Crippen LogP contribution in [0.3, 0.4) is 0 Å². The number of ether oxygens (including phenoxy) is 2. The number of alkyl halides is 3. The van der Waals surface area contributed by atoms with Crippen molar-refractivity contribution >= 4 is 11.8 Å². The lowest BCUT2D eigenvalue weighted by Crippen LogP contribution is -2.37. The minimum absolute atomic E-state index is 0.213. The van der Waals surface area contributed by atoms with Crippen LogP contribution >= 0.6 is 0 Å². The number of nitrogens with zero attached hydrogens (tertiary/aromatic N) is 1. The average molecular weight is 386 g/mol. The van der Waals surface area contributed by atoms with Crippen LogP contribution in [0.25, 0.3) is 0 Å². The van der Waals surface area contributed by atoms with E-state index in [1.54, 1.807) is 25.1 Å². The van der Waals surface area contributed by atoms with Crippen LogP contribution in [0, 0.1) is 5.92 Å². The fourth-order valence-electron chi connectivity index (χ4n) is 3.18. The molecule has 2 amide bonds. The van der Waals surface area contributed by atoms with Crippen molar-refractivity contribution in [2.24, 2.45) is 5.92 Å². The molecule has 0 spiro atoms. The highest BCUT2D eigenvalue weighted by Crippen LogP contribution is 2.32. The second-order valence-corrected chi connectivity index (χ2v) is 6.78. The summed E-state index contributed by atoms with van der Waals surface area (Å²) in [5, 5.41) is 2.77. The molecule has 2 atom stereocenters. The first-order valence-corrected chi connectivity index (χ1v) is 8.77. The Morgan fingerprint density at radius 3 is 2.70 bits per heavy atom. The fraction of sp³-hybridized carbons (Fsp3) is 0.556. The molecule has 1 N–H and O–H groups in total. The van der Waals surface area contributed by atoms with E-state index < -0.39 is 30.5 Å². The molecule has 1 aromatic rings. The Balaban J connectivity index is 1.61. The van der Waals surface area contributed by atoms with Gasteiger partial charge in [0.15, 0.2) is 11.5 Å². The SMILES string of the molecule is CC(NC(=O)C1CC(=O)N(CC(F)(F)F)C1)c1ccc2c(c1)OCCCO2. The van der Waals surface area contributed by atoms with Crippen molar-refractivity contribution in [3.63, 3.8) is 0 Å². The Morgan fingerprint density at radius 2 is 2.00 bits per heavy atom. The van der Waals surface area contributed by atoms with Crippen LogP contribution < -0.4 is 14.8 Å². The third-order valence-corrected chi connectivity index (χ3v) is 4.59. The van der Waals surface area contributed by atoms with Crippen molar-refractivity contribution in [3.05, 3.63) is 23.8 Å². The second-order valence-electron chi connectivity index (χ2n) is 6.78. The molecule has 2 aliphatic heterocycles. The molecule has 2 unspecified atom stereocenters. The Morgan fingerprint density at radius 1 is 1.30 bits per heavy atom. The van der Waals surface area contributed by atoms with E-state index >= 15 is 0 Å².